The molecule has 2 rings (SSSR count). The third kappa shape index (κ3) is 4.04. The molecule has 0 fully saturated rings. The van der Waals surface area contributed by atoms with Crippen LogP contribution in [-0.2, 0) is 6.54 Å². The Labute approximate surface area is 126 Å². The highest BCUT2D eigenvalue weighted by Gasteiger charge is 2.09. The summed E-state index contributed by atoms with van der Waals surface area (Å²) in [5.41, 5.74) is 0.520. The van der Waals surface area contributed by atoms with Crippen molar-refractivity contribution in [1.29, 1.82) is 0 Å². The average molecular weight is 307 g/mol. The lowest BCUT2D eigenvalue weighted by atomic mass is 10.4. The van der Waals surface area contributed by atoms with E-state index in [1.165, 1.54) is 17.1 Å². The topological polar surface area (TPSA) is 120 Å². The van der Waals surface area contributed by atoms with Gasteiger partial charge in [-0.1, -0.05) is 0 Å². The van der Waals surface area contributed by atoms with E-state index in [0.29, 0.717) is 18.8 Å². The van der Waals surface area contributed by atoms with E-state index in [2.05, 4.69) is 20.8 Å². The molecule has 0 aliphatic carbocycles. The maximum absolute atomic E-state index is 11.7. The highest BCUT2D eigenvalue weighted by atomic mass is 16.6. The van der Waals surface area contributed by atoms with Crippen molar-refractivity contribution in [1.82, 2.24) is 24.9 Å². The van der Waals surface area contributed by atoms with Crippen LogP contribution in [-0.4, -0.2) is 37.1 Å². The van der Waals surface area contributed by atoms with E-state index >= 15 is 0 Å². The lowest BCUT2D eigenvalue weighted by molar-refractivity contribution is -0.385. The largest absolute Gasteiger partial charge is 0.336 e. The number of urea groups is 1. The molecule has 0 unspecified atom stereocenters. The minimum Gasteiger partial charge on any atom is -0.336 e. The molecule has 0 bridgehead atoms. The predicted molar refractivity (Wildman–Crippen MR) is 78.5 cm³/mol. The number of hydrogen-bond acceptors (Lipinski definition) is 5. The maximum atomic E-state index is 11.7. The summed E-state index contributed by atoms with van der Waals surface area (Å²) in [6.45, 7) is 4.61. The standard InChI is InChI=1S/C12H17N7O3/c1-9(2)18-7-10(5-15-18)16-12(20)13-3-4-17-8-11(6-14-17)19(21)22/h5-9H,3-4H2,1-2H3,(H2,13,16,20). The second kappa shape index (κ2) is 6.70. The molecule has 0 aromatic carbocycles. The van der Waals surface area contributed by atoms with Gasteiger partial charge in [0.2, 0.25) is 0 Å². The van der Waals surface area contributed by atoms with Crippen molar-refractivity contribution in [2.24, 2.45) is 0 Å². The molecule has 2 N–H and O–H groups in total. The van der Waals surface area contributed by atoms with Crippen molar-refractivity contribution in [3.8, 4) is 0 Å². The molecule has 0 saturated heterocycles. The Morgan fingerprint density at radius 3 is 2.73 bits per heavy atom. The van der Waals surface area contributed by atoms with Crippen LogP contribution < -0.4 is 10.6 Å². The van der Waals surface area contributed by atoms with E-state index in [9.17, 15) is 14.9 Å². The zero-order valence-electron chi connectivity index (χ0n) is 12.3. The number of amides is 2. The molecule has 2 aromatic heterocycles. The normalized spacial score (nSPS) is 10.7. The zero-order valence-corrected chi connectivity index (χ0v) is 12.3. The Balaban J connectivity index is 1.76. The van der Waals surface area contributed by atoms with Crippen molar-refractivity contribution < 1.29 is 9.72 Å². The van der Waals surface area contributed by atoms with Gasteiger partial charge in [-0.15, -0.1) is 0 Å². The van der Waals surface area contributed by atoms with E-state index in [1.807, 2.05) is 13.8 Å². The number of nitro groups is 1. The Kier molecular flexibility index (Phi) is 4.71. The quantitative estimate of drug-likeness (QED) is 0.617. The van der Waals surface area contributed by atoms with Gasteiger partial charge in [-0.05, 0) is 13.8 Å². The number of rotatable bonds is 6. The first-order valence-corrected chi connectivity index (χ1v) is 6.71. The second-order valence-electron chi connectivity index (χ2n) is 4.90. The maximum Gasteiger partial charge on any atom is 0.319 e. The van der Waals surface area contributed by atoms with Gasteiger partial charge < -0.3 is 10.6 Å². The summed E-state index contributed by atoms with van der Waals surface area (Å²) < 4.78 is 3.13. The van der Waals surface area contributed by atoms with Crippen molar-refractivity contribution in [3.63, 3.8) is 0 Å². The molecule has 2 aromatic rings. The SMILES string of the molecule is CC(C)n1cc(NC(=O)NCCn2cc([N+](=O)[O-])cn2)cn1. The van der Waals surface area contributed by atoms with E-state index in [0.717, 1.165) is 0 Å². The fourth-order valence-corrected chi connectivity index (χ4v) is 1.71. The smallest absolute Gasteiger partial charge is 0.319 e. The molecule has 0 saturated carbocycles. The van der Waals surface area contributed by atoms with Gasteiger partial charge in [-0.2, -0.15) is 10.2 Å². The van der Waals surface area contributed by atoms with Gasteiger partial charge in [-0.25, -0.2) is 4.79 Å². The predicted octanol–water partition coefficient (Wildman–Crippen LogP) is 1.39. The zero-order chi connectivity index (χ0) is 16.1. The van der Waals surface area contributed by atoms with Crippen molar-refractivity contribution in [2.45, 2.75) is 26.4 Å². The molecule has 2 amide bonds. The van der Waals surface area contributed by atoms with Crippen molar-refractivity contribution >= 4 is 17.4 Å². The molecule has 0 aliphatic heterocycles. The first-order valence-electron chi connectivity index (χ1n) is 6.71. The monoisotopic (exact) mass is 307 g/mol. The molecule has 0 aliphatic rings. The number of carbonyl (C=O) groups excluding carboxylic acids is 1. The van der Waals surface area contributed by atoms with Crippen LogP contribution in [0.5, 0.6) is 0 Å². The van der Waals surface area contributed by atoms with Crippen LogP contribution in [0.1, 0.15) is 19.9 Å². The summed E-state index contributed by atoms with van der Waals surface area (Å²) in [5.74, 6) is 0. The van der Waals surface area contributed by atoms with Gasteiger partial charge in [0.15, 0.2) is 0 Å². The molecular weight excluding hydrogens is 290 g/mol. The molecule has 0 spiro atoms. The molecule has 10 nitrogen and oxygen atoms in total. The van der Waals surface area contributed by atoms with Crippen LogP contribution >= 0.6 is 0 Å². The van der Waals surface area contributed by atoms with Crippen molar-refractivity contribution in [3.05, 3.63) is 34.9 Å². The number of aromatic nitrogens is 4. The fourth-order valence-electron chi connectivity index (χ4n) is 1.71. The van der Waals surface area contributed by atoms with Crippen LogP contribution in [0.3, 0.4) is 0 Å². The molecule has 10 heteroatoms. The third-order valence-corrected chi connectivity index (χ3v) is 2.85. The lowest BCUT2D eigenvalue weighted by Crippen LogP contribution is -2.31. The Hall–Kier alpha value is -2.91. The van der Waals surface area contributed by atoms with Crippen molar-refractivity contribution in [2.75, 3.05) is 11.9 Å². The van der Waals surface area contributed by atoms with E-state index < -0.39 is 4.92 Å². The fraction of sp³-hybridized carbons (Fsp3) is 0.417. The van der Waals surface area contributed by atoms with Crippen LogP contribution in [0.2, 0.25) is 0 Å². The van der Waals surface area contributed by atoms with Gasteiger partial charge in [0, 0.05) is 18.8 Å². The third-order valence-electron chi connectivity index (χ3n) is 2.85. The minimum atomic E-state index is -0.518. The second-order valence-corrected chi connectivity index (χ2v) is 4.90. The van der Waals surface area contributed by atoms with E-state index in [1.54, 1.807) is 17.1 Å². The van der Waals surface area contributed by atoms with E-state index in [-0.39, 0.29) is 17.8 Å². The summed E-state index contributed by atoms with van der Waals surface area (Å²) in [7, 11) is 0. The lowest BCUT2D eigenvalue weighted by Gasteiger charge is -2.06. The van der Waals surface area contributed by atoms with Crippen LogP contribution in [0.15, 0.2) is 24.8 Å². The Morgan fingerprint density at radius 1 is 1.36 bits per heavy atom. The first kappa shape index (κ1) is 15.5. The van der Waals surface area contributed by atoms with Crippen LogP contribution in [0, 0.1) is 10.1 Å². The molecule has 2 heterocycles. The summed E-state index contributed by atoms with van der Waals surface area (Å²) in [6, 6.07) is -0.154. The van der Waals surface area contributed by atoms with Gasteiger partial charge >= 0.3 is 11.7 Å². The number of nitrogens with zero attached hydrogens (tertiary/aromatic N) is 5. The van der Waals surface area contributed by atoms with Gasteiger partial charge in [0.25, 0.3) is 0 Å². The molecule has 0 atom stereocenters. The van der Waals surface area contributed by atoms with Gasteiger partial charge in [0.1, 0.15) is 12.4 Å². The Morgan fingerprint density at radius 2 is 2.14 bits per heavy atom. The number of nitrogens with one attached hydrogen (secondary N) is 2. The molecule has 118 valence electrons. The van der Waals surface area contributed by atoms with Crippen LogP contribution in [0.25, 0.3) is 0 Å². The van der Waals surface area contributed by atoms with Crippen LogP contribution in [0.4, 0.5) is 16.2 Å². The summed E-state index contributed by atoms with van der Waals surface area (Å²) in [4.78, 5) is 21.7. The summed E-state index contributed by atoms with van der Waals surface area (Å²) in [5, 5.41) is 23.8. The highest BCUT2D eigenvalue weighted by Crippen LogP contribution is 2.09. The first-order chi connectivity index (χ1) is 10.5. The summed E-state index contributed by atoms with van der Waals surface area (Å²) in [6.07, 6.45) is 5.78. The summed E-state index contributed by atoms with van der Waals surface area (Å²) >= 11 is 0. The molecule has 22 heavy (non-hydrogen) atoms. The molecular formula is C12H17N7O3. The highest BCUT2D eigenvalue weighted by molar-refractivity contribution is 5.88. The van der Waals surface area contributed by atoms with Gasteiger partial charge in [-0.3, -0.25) is 19.5 Å². The number of carbonyl (C=O) groups is 1. The molecule has 0 radical (unpaired) electrons. The average Bonchev–Trinajstić information content (AvgIpc) is 3.07. The van der Waals surface area contributed by atoms with Gasteiger partial charge in [0.05, 0.1) is 23.4 Å². The number of anilines is 1. The van der Waals surface area contributed by atoms with E-state index in [4.69, 9.17) is 0 Å². The number of hydrogen-bond donors (Lipinski definition) is 2. The minimum absolute atomic E-state index is 0.0782. The Bertz CT molecular complexity index is 661.